The average molecular weight is 464 g/mol. The van der Waals surface area contributed by atoms with E-state index < -0.39 is 9.84 Å². The number of sulfone groups is 1. The van der Waals surface area contributed by atoms with E-state index in [2.05, 4.69) is 6.92 Å². The molecule has 0 saturated carbocycles. The van der Waals surface area contributed by atoms with Gasteiger partial charge in [0.05, 0.1) is 18.1 Å². The van der Waals surface area contributed by atoms with Crippen LogP contribution in [-0.2, 0) is 16.4 Å². The van der Waals surface area contributed by atoms with Crippen LogP contribution < -0.4 is 4.74 Å². The van der Waals surface area contributed by atoms with Crippen LogP contribution in [0.15, 0.2) is 48.5 Å². The molecule has 5 nitrogen and oxygen atoms in total. The number of unbranched alkanes of at least 4 members (excludes halogenated alkanes) is 3. The van der Waals surface area contributed by atoms with Crippen LogP contribution in [0.2, 0.25) is 5.02 Å². The number of benzene rings is 2. The van der Waals surface area contributed by atoms with E-state index in [-0.39, 0.29) is 23.5 Å². The lowest BCUT2D eigenvalue weighted by Gasteiger charge is -2.28. The van der Waals surface area contributed by atoms with Gasteiger partial charge < -0.3 is 9.64 Å². The predicted octanol–water partition coefficient (Wildman–Crippen LogP) is 5.13. The van der Waals surface area contributed by atoms with Gasteiger partial charge in [0.2, 0.25) is 0 Å². The Balaban J connectivity index is 1.71. The standard InChI is InChI=1S/C24H30ClNO4S/c1-2-3-4-5-14-30-23-11-9-20(10-12-23)24(27)26(22-13-15-31(28,29)18-22)17-19-7-6-8-21(25)16-19/h6-12,16,22H,2-5,13-15,17-18H2,1H3/t22-/m0/s1. The third-order valence-electron chi connectivity index (χ3n) is 5.52. The molecule has 2 aromatic rings. The smallest absolute Gasteiger partial charge is 0.254 e. The van der Waals surface area contributed by atoms with Gasteiger partial charge in [0, 0.05) is 23.2 Å². The van der Waals surface area contributed by atoms with Crippen molar-refractivity contribution in [2.45, 2.75) is 51.6 Å². The molecule has 1 amide bonds. The van der Waals surface area contributed by atoms with Gasteiger partial charge in [0.15, 0.2) is 9.84 Å². The lowest BCUT2D eigenvalue weighted by atomic mass is 10.1. The summed E-state index contributed by atoms with van der Waals surface area (Å²) in [6, 6.07) is 14.1. The van der Waals surface area contributed by atoms with Crippen molar-refractivity contribution in [1.29, 1.82) is 0 Å². The first kappa shape index (κ1) is 23.6. The van der Waals surface area contributed by atoms with E-state index in [1.807, 2.05) is 12.1 Å². The Hall–Kier alpha value is -2.05. The third kappa shape index (κ3) is 6.97. The largest absolute Gasteiger partial charge is 0.494 e. The number of hydrogen-bond donors (Lipinski definition) is 0. The molecule has 0 radical (unpaired) electrons. The number of ether oxygens (including phenoxy) is 1. The fraction of sp³-hybridized carbons (Fsp3) is 0.458. The quantitative estimate of drug-likeness (QED) is 0.458. The number of rotatable bonds is 10. The highest BCUT2D eigenvalue weighted by Gasteiger charge is 2.35. The van der Waals surface area contributed by atoms with Gasteiger partial charge in [-0.25, -0.2) is 8.42 Å². The van der Waals surface area contributed by atoms with Gasteiger partial charge in [-0.2, -0.15) is 0 Å². The zero-order chi connectivity index (χ0) is 22.3. The van der Waals surface area contributed by atoms with Gasteiger partial charge in [-0.05, 0) is 54.8 Å². The van der Waals surface area contributed by atoms with Crippen LogP contribution in [0.4, 0.5) is 0 Å². The highest BCUT2D eigenvalue weighted by atomic mass is 35.5. The summed E-state index contributed by atoms with van der Waals surface area (Å²) >= 11 is 6.10. The maximum absolute atomic E-state index is 13.3. The molecule has 0 N–H and O–H groups in total. The lowest BCUT2D eigenvalue weighted by molar-refractivity contribution is 0.0681. The Labute approximate surface area is 190 Å². The fourth-order valence-corrected chi connectivity index (χ4v) is 5.74. The van der Waals surface area contributed by atoms with E-state index in [0.29, 0.717) is 30.2 Å². The summed E-state index contributed by atoms with van der Waals surface area (Å²) in [5.74, 6) is 0.662. The number of halogens is 1. The van der Waals surface area contributed by atoms with Crippen molar-refractivity contribution in [3.05, 3.63) is 64.7 Å². The Kier molecular flexibility index (Phi) is 8.38. The minimum atomic E-state index is -3.12. The molecule has 1 aliphatic rings. The first-order valence-electron chi connectivity index (χ1n) is 10.9. The summed E-state index contributed by atoms with van der Waals surface area (Å²) in [6.07, 6.45) is 5.00. The molecule has 0 unspecified atom stereocenters. The molecule has 2 aromatic carbocycles. The van der Waals surface area contributed by atoms with Crippen molar-refractivity contribution >= 4 is 27.3 Å². The Morgan fingerprint density at radius 3 is 2.55 bits per heavy atom. The maximum atomic E-state index is 13.3. The maximum Gasteiger partial charge on any atom is 0.254 e. The van der Waals surface area contributed by atoms with Gasteiger partial charge in [-0.3, -0.25) is 4.79 Å². The zero-order valence-electron chi connectivity index (χ0n) is 17.9. The number of hydrogen-bond acceptors (Lipinski definition) is 4. The molecule has 1 fully saturated rings. The van der Waals surface area contributed by atoms with Crippen molar-refractivity contribution in [2.75, 3.05) is 18.1 Å². The first-order chi connectivity index (χ1) is 14.9. The van der Waals surface area contributed by atoms with Crippen LogP contribution in [0, 0.1) is 0 Å². The molecule has 168 valence electrons. The average Bonchev–Trinajstić information content (AvgIpc) is 3.11. The summed E-state index contributed by atoms with van der Waals surface area (Å²) in [4.78, 5) is 15.0. The van der Waals surface area contributed by atoms with E-state index in [9.17, 15) is 13.2 Å². The summed E-state index contributed by atoms with van der Waals surface area (Å²) in [5.41, 5.74) is 1.39. The number of carbonyl (C=O) groups excluding carboxylic acids is 1. The molecular formula is C24H30ClNO4S. The van der Waals surface area contributed by atoms with Crippen LogP contribution in [0.3, 0.4) is 0 Å². The van der Waals surface area contributed by atoms with Gasteiger partial charge >= 0.3 is 0 Å². The second-order valence-corrected chi connectivity index (χ2v) is 10.7. The Morgan fingerprint density at radius 1 is 1.13 bits per heavy atom. The monoisotopic (exact) mass is 463 g/mol. The molecule has 1 saturated heterocycles. The molecule has 7 heteroatoms. The van der Waals surface area contributed by atoms with Crippen LogP contribution in [0.1, 0.15) is 54.9 Å². The molecule has 1 atom stereocenters. The van der Waals surface area contributed by atoms with Crippen LogP contribution >= 0.6 is 11.6 Å². The minimum absolute atomic E-state index is 0.00173. The molecule has 31 heavy (non-hydrogen) atoms. The topological polar surface area (TPSA) is 63.7 Å². The first-order valence-corrected chi connectivity index (χ1v) is 13.1. The van der Waals surface area contributed by atoms with Gasteiger partial charge in [-0.15, -0.1) is 0 Å². The van der Waals surface area contributed by atoms with E-state index in [0.717, 1.165) is 24.2 Å². The van der Waals surface area contributed by atoms with Crippen molar-refractivity contribution in [3.8, 4) is 5.75 Å². The van der Waals surface area contributed by atoms with Crippen molar-refractivity contribution in [2.24, 2.45) is 0 Å². The minimum Gasteiger partial charge on any atom is -0.494 e. The Bertz CT molecular complexity index is 975. The normalized spacial score (nSPS) is 17.4. The zero-order valence-corrected chi connectivity index (χ0v) is 19.5. The number of nitrogens with zero attached hydrogens (tertiary/aromatic N) is 1. The Morgan fingerprint density at radius 2 is 1.90 bits per heavy atom. The van der Waals surface area contributed by atoms with Crippen molar-refractivity contribution in [3.63, 3.8) is 0 Å². The number of amides is 1. The highest BCUT2D eigenvalue weighted by molar-refractivity contribution is 7.91. The fourth-order valence-electron chi connectivity index (χ4n) is 3.80. The number of carbonyl (C=O) groups is 1. The van der Waals surface area contributed by atoms with Gasteiger partial charge in [0.25, 0.3) is 5.91 Å². The molecule has 3 rings (SSSR count). The second-order valence-electron chi connectivity index (χ2n) is 8.05. The lowest BCUT2D eigenvalue weighted by Crippen LogP contribution is -2.40. The molecule has 1 heterocycles. The van der Waals surface area contributed by atoms with Crippen molar-refractivity contribution in [1.82, 2.24) is 4.90 Å². The van der Waals surface area contributed by atoms with E-state index in [1.54, 1.807) is 41.3 Å². The van der Waals surface area contributed by atoms with E-state index in [4.69, 9.17) is 16.3 Å². The summed E-state index contributed by atoms with van der Waals surface area (Å²) in [6.45, 7) is 3.15. The molecule has 0 aromatic heterocycles. The molecule has 0 spiro atoms. The summed E-state index contributed by atoms with van der Waals surface area (Å²) in [5, 5.41) is 0.587. The third-order valence-corrected chi connectivity index (χ3v) is 7.51. The molecule has 1 aliphatic heterocycles. The van der Waals surface area contributed by atoms with Gasteiger partial charge in [0.1, 0.15) is 5.75 Å². The van der Waals surface area contributed by atoms with Gasteiger partial charge in [-0.1, -0.05) is 49.9 Å². The van der Waals surface area contributed by atoms with E-state index >= 15 is 0 Å². The second kappa shape index (κ2) is 11.0. The van der Waals surface area contributed by atoms with Crippen LogP contribution in [-0.4, -0.2) is 43.4 Å². The van der Waals surface area contributed by atoms with E-state index in [1.165, 1.54) is 12.8 Å². The SMILES string of the molecule is CCCCCCOc1ccc(C(=O)N(Cc2cccc(Cl)c2)[C@H]2CCS(=O)(=O)C2)cc1. The van der Waals surface area contributed by atoms with Crippen LogP contribution in [0.5, 0.6) is 5.75 Å². The summed E-state index contributed by atoms with van der Waals surface area (Å²) in [7, 11) is -3.12. The molecular weight excluding hydrogens is 434 g/mol. The predicted molar refractivity (Wildman–Crippen MR) is 124 cm³/mol. The summed E-state index contributed by atoms with van der Waals surface area (Å²) < 4.78 is 29.9. The van der Waals surface area contributed by atoms with Crippen LogP contribution in [0.25, 0.3) is 0 Å². The molecule has 0 aliphatic carbocycles. The highest BCUT2D eigenvalue weighted by Crippen LogP contribution is 2.24. The molecule has 0 bridgehead atoms. The van der Waals surface area contributed by atoms with Crippen molar-refractivity contribution < 1.29 is 17.9 Å².